The molecule has 6 heteroatoms. The molecule has 0 aromatic carbocycles. The number of aromatic nitrogens is 2. The number of hydrogen-bond acceptors (Lipinski definition) is 5. The van der Waals surface area contributed by atoms with Gasteiger partial charge in [-0.2, -0.15) is 4.98 Å². The van der Waals surface area contributed by atoms with E-state index in [1.54, 1.807) is 0 Å². The Kier molecular flexibility index (Phi) is 5.43. The predicted octanol–water partition coefficient (Wildman–Crippen LogP) is 2.41. The van der Waals surface area contributed by atoms with Gasteiger partial charge < -0.3 is 14.4 Å². The number of hydrogen-bond donors (Lipinski definition) is 0. The average molecular weight is 300 g/mol. The van der Waals surface area contributed by atoms with E-state index in [0.29, 0.717) is 30.9 Å². The van der Waals surface area contributed by atoms with Crippen LogP contribution in [0.5, 0.6) is 5.88 Å². The molecule has 2 rings (SSSR count). The molecule has 0 N–H and O–H groups in total. The van der Waals surface area contributed by atoms with Gasteiger partial charge in [0.05, 0.1) is 24.7 Å². The zero-order valence-electron chi connectivity index (χ0n) is 12.3. The van der Waals surface area contributed by atoms with Crippen molar-refractivity contribution in [3.8, 4) is 5.88 Å². The van der Waals surface area contributed by atoms with Crippen molar-refractivity contribution in [1.82, 2.24) is 9.97 Å². The van der Waals surface area contributed by atoms with Crippen LogP contribution in [-0.4, -0.2) is 47.8 Å². The molecule has 1 fully saturated rings. The fraction of sp³-hybridized carbons (Fsp3) is 0.714. The first-order valence-corrected chi connectivity index (χ1v) is 7.60. The van der Waals surface area contributed by atoms with E-state index in [2.05, 4.69) is 21.8 Å². The van der Waals surface area contributed by atoms with E-state index < -0.39 is 0 Å². The van der Waals surface area contributed by atoms with E-state index in [1.165, 1.54) is 0 Å². The van der Waals surface area contributed by atoms with Gasteiger partial charge in [0.1, 0.15) is 0 Å². The van der Waals surface area contributed by atoms with Gasteiger partial charge in [0.2, 0.25) is 11.8 Å². The zero-order chi connectivity index (χ0) is 14.5. The normalized spacial score (nSPS) is 22.9. The molecule has 5 nitrogen and oxygen atoms in total. The number of aryl methyl sites for hydroxylation is 1. The molecule has 0 aliphatic carbocycles. The molecular weight excluding hydrogens is 278 g/mol. The fourth-order valence-electron chi connectivity index (χ4n) is 2.24. The van der Waals surface area contributed by atoms with Gasteiger partial charge in [0.15, 0.2) is 0 Å². The van der Waals surface area contributed by atoms with Crippen molar-refractivity contribution in [2.24, 2.45) is 0 Å². The minimum Gasteiger partial charge on any atom is -0.478 e. The minimum atomic E-state index is 0.0181. The van der Waals surface area contributed by atoms with Gasteiger partial charge in [-0.3, -0.25) is 0 Å². The second kappa shape index (κ2) is 7.09. The van der Waals surface area contributed by atoms with Crippen LogP contribution >= 0.6 is 11.6 Å². The number of morpholine rings is 1. The third-order valence-electron chi connectivity index (χ3n) is 3.05. The van der Waals surface area contributed by atoms with Crippen molar-refractivity contribution in [2.75, 3.05) is 30.5 Å². The first-order chi connectivity index (χ1) is 9.62. The standard InChI is InChI=1S/C14H22ClN3O2/c1-4-5-19-13-6-10(2)16-14(17-13)18-8-11(3)20-12(7-15)9-18/h6,11-12H,4-5,7-9H2,1-3H3. The molecule has 2 unspecified atom stereocenters. The van der Waals surface area contributed by atoms with Gasteiger partial charge in [0.25, 0.3) is 0 Å². The highest BCUT2D eigenvalue weighted by molar-refractivity contribution is 6.18. The monoisotopic (exact) mass is 299 g/mol. The summed E-state index contributed by atoms with van der Waals surface area (Å²) in [6, 6.07) is 1.86. The molecule has 1 saturated heterocycles. The SMILES string of the molecule is CCCOc1cc(C)nc(N2CC(C)OC(CCl)C2)n1. The van der Waals surface area contributed by atoms with E-state index in [4.69, 9.17) is 21.1 Å². The van der Waals surface area contributed by atoms with E-state index in [-0.39, 0.29) is 12.2 Å². The lowest BCUT2D eigenvalue weighted by molar-refractivity contribution is -0.00388. The Morgan fingerprint density at radius 2 is 2.25 bits per heavy atom. The Labute approximate surface area is 125 Å². The summed E-state index contributed by atoms with van der Waals surface area (Å²) in [5.41, 5.74) is 0.905. The van der Waals surface area contributed by atoms with Crippen LogP contribution in [0.4, 0.5) is 5.95 Å². The second-order valence-electron chi connectivity index (χ2n) is 5.12. The summed E-state index contributed by atoms with van der Waals surface area (Å²) in [5.74, 6) is 1.81. The Morgan fingerprint density at radius 3 is 2.95 bits per heavy atom. The first kappa shape index (κ1) is 15.3. The van der Waals surface area contributed by atoms with Gasteiger partial charge in [-0.05, 0) is 20.3 Å². The van der Waals surface area contributed by atoms with Crippen LogP contribution in [-0.2, 0) is 4.74 Å². The molecule has 1 aromatic heterocycles. The van der Waals surface area contributed by atoms with Crippen molar-refractivity contribution in [1.29, 1.82) is 0 Å². The Bertz CT molecular complexity index is 444. The Morgan fingerprint density at radius 1 is 1.45 bits per heavy atom. The van der Waals surface area contributed by atoms with E-state index in [1.807, 2.05) is 19.9 Å². The maximum absolute atomic E-state index is 5.91. The van der Waals surface area contributed by atoms with Crippen molar-refractivity contribution >= 4 is 17.5 Å². The lowest BCUT2D eigenvalue weighted by Gasteiger charge is -2.36. The van der Waals surface area contributed by atoms with Crippen LogP contribution in [0, 0.1) is 6.92 Å². The molecule has 0 amide bonds. The van der Waals surface area contributed by atoms with Crippen LogP contribution < -0.4 is 9.64 Å². The molecule has 0 saturated carbocycles. The Hall–Kier alpha value is -1.07. The third-order valence-corrected chi connectivity index (χ3v) is 3.40. The summed E-state index contributed by atoms with van der Waals surface area (Å²) in [5, 5.41) is 0. The fourth-order valence-corrected chi connectivity index (χ4v) is 2.41. The predicted molar refractivity (Wildman–Crippen MR) is 79.8 cm³/mol. The van der Waals surface area contributed by atoms with Crippen LogP contribution in [0.25, 0.3) is 0 Å². The highest BCUT2D eigenvalue weighted by atomic mass is 35.5. The van der Waals surface area contributed by atoms with Gasteiger partial charge >= 0.3 is 0 Å². The molecule has 1 aliphatic rings. The van der Waals surface area contributed by atoms with Crippen molar-refractivity contribution in [2.45, 2.75) is 39.4 Å². The number of nitrogens with zero attached hydrogens (tertiary/aromatic N) is 3. The van der Waals surface area contributed by atoms with Gasteiger partial charge in [-0.15, -0.1) is 11.6 Å². The van der Waals surface area contributed by atoms with Crippen LogP contribution in [0.15, 0.2) is 6.07 Å². The summed E-state index contributed by atoms with van der Waals surface area (Å²) in [4.78, 5) is 11.1. The lowest BCUT2D eigenvalue weighted by atomic mass is 10.2. The summed E-state index contributed by atoms with van der Waals surface area (Å²) in [6.07, 6.45) is 1.10. The second-order valence-corrected chi connectivity index (χ2v) is 5.43. The van der Waals surface area contributed by atoms with Crippen LogP contribution in [0.2, 0.25) is 0 Å². The number of ether oxygens (including phenoxy) is 2. The van der Waals surface area contributed by atoms with Crippen LogP contribution in [0.3, 0.4) is 0 Å². The number of halogens is 1. The van der Waals surface area contributed by atoms with Crippen molar-refractivity contribution in [3.05, 3.63) is 11.8 Å². The zero-order valence-corrected chi connectivity index (χ0v) is 13.1. The first-order valence-electron chi connectivity index (χ1n) is 7.07. The van der Waals surface area contributed by atoms with Crippen molar-refractivity contribution in [3.63, 3.8) is 0 Å². The number of anilines is 1. The summed E-state index contributed by atoms with van der Waals surface area (Å²) in [7, 11) is 0. The highest BCUT2D eigenvalue weighted by Crippen LogP contribution is 2.20. The molecule has 112 valence electrons. The molecule has 0 radical (unpaired) electrons. The maximum Gasteiger partial charge on any atom is 0.229 e. The van der Waals surface area contributed by atoms with Crippen LogP contribution in [0.1, 0.15) is 26.0 Å². The quantitative estimate of drug-likeness (QED) is 0.781. The van der Waals surface area contributed by atoms with Gasteiger partial charge in [-0.25, -0.2) is 4.98 Å². The molecule has 2 atom stereocenters. The molecular formula is C14H22ClN3O2. The third kappa shape index (κ3) is 3.96. The van der Waals surface area contributed by atoms with Gasteiger partial charge in [0, 0.05) is 24.8 Å². The summed E-state index contributed by atoms with van der Waals surface area (Å²) < 4.78 is 11.4. The van der Waals surface area contributed by atoms with E-state index >= 15 is 0 Å². The summed E-state index contributed by atoms with van der Waals surface area (Å²) >= 11 is 5.91. The number of rotatable bonds is 5. The number of alkyl halides is 1. The Balaban J connectivity index is 2.16. The topological polar surface area (TPSA) is 47.5 Å². The molecule has 0 bridgehead atoms. The minimum absolute atomic E-state index is 0.0181. The highest BCUT2D eigenvalue weighted by Gasteiger charge is 2.26. The van der Waals surface area contributed by atoms with E-state index in [9.17, 15) is 0 Å². The average Bonchev–Trinajstić information content (AvgIpc) is 2.43. The molecule has 0 spiro atoms. The van der Waals surface area contributed by atoms with E-state index in [0.717, 1.165) is 18.7 Å². The summed E-state index contributed by atoms with van der Waals surface area (Å²) in [6.45, 7) is 8.21. The molecule has 20 heavy (non-hydrogen) atoms. The molecule has 1 aromatic rings. The lowest BCUT2D eigenvalue weighted by Crippen LogP contribution is -2.48. The van der Waals surface area contributed by atoms with Crippen molar-refractivity contribution < 1.29 is 9.47 Å². The smallest absolute Gasteiger partial charge is 0.229 e. The largest absolute Gasteiger partial charge is 0.478 e. The molecule has 1 aliphatic heterocycles. The molecule has 2 heterocycles. The maximum atomic E-state index is 5.91. The van der Waals surface area contributed by atoms with Gasteiger partial charge in [-0.1, -0.05) is 6.92 Å².